The average molecular weight is 252 g/mol. The van der Waals surface area contributed by atoms with Gasteiger partial charge in [0.1, 0.15) is 0 Å². The lowest BCUT2D eigenvalue weighted by Gasteiger charge is -2.44. The summed E-state index contributed by atoms with van der Waals surface area (Å²) in [5, 5.41) is 3.62. The third kappa shape index (κ3) is 2.75. The molecule has 2 aliphatic rings. The average Bonchev–Trinajstić information content (AvgIpc) is 2.65. The molecule has 106 valence electrons. The minimum absolute atomic E-state index is 0.466. The van der Waals surface area contributed by atoms with Gasteiger partial charge in [-0.3, -0.25) is 4.90 Å². The van der Waals surface area contributed by atoms with Crippen molar-refractivity contribution in [2.45, 2.75) is 83.8 Å². The summed E-state index contributed by atoms with van der Waals surface area (Å²) in [6, 6.07) is 2.32. The van der Waals surface area contributed by atoms with Gasteiger partial charge in [0.25, 0.3) is 0 Å². The van der Waals surface area contributed by atoms with Crippen LogP contribution in [-0.2, 0) is 0 Å². The van der Waals surface area contributed by atoms with Gasteiger partial charge in [-0.05, 0) is 51.1 Å². The first-order valence-electron chi connectivity index (χ1n) is 8.03. The first-order chi connectivity index (χ1) is 8.60. The Balaban J connectivity index is 2.08. The lowest BCUT2D eigenvalue weighted by atomic mass is 9.85. The highest BCUT2D eigenvalue weighted by Gasteiger charge is 2.45. The Morgan fingerprint density at radius 3 is 2.67 bits per heavy atom. The van der Waals surface area contributed by atoms with Crippen LogP contribution in [0.3, 0.4) is 0 Å². The topological polar surface area (TPSA) is 15.3 Å². The summed E-state index contributed by atoms with van der Waals surface area (Å²) in [7, 11) is 2.16. The molecule has 0 spiro atoms. The molecule has 3 atom stereocenters. The molecule has 1 saturated heterocycles. The van der Waals surface area contributed by atoms with Crippen molar-refractivity contribution in [3.8, 4) is 0 Å². The molecule has 2 heteroatoms. The van der Waals surface area contributed by atoms with Crippen molar-refractivity contribution in [1.82, 2.24) is 10.2 Å². The highest BCUT2D eigenvalue weighted by atomic mass is 15.2. The SMILES string of the molecule is CCCC1CCCCN1C1CCC(C)(C)C1NC. The standard InChI is InChI=1S/C16H32N2/c1-5-8-13-9-6-7-12-18(13)14-10-11-16(2,3)15(14)17-4/h13-15,17H,5-12H2,1-4H3. The Kier molecular flexibility index (Phi) is 4.71. The summed E-state index contributed by atoms with van der Waals surface area (Å²) in [4.78, 5) is 2.86. The number of likely N-dealkylation sites (N-methyl/N-ethyl adjacent to an activating group) is 1. The van der Waals surface area contributed by atoms with Crippen LogP contribution in [0.25, 0.3) is 0 Å². The molecular formula is C16H32N2. The van der Waals surface area contributed by atoms with Crippen LogP contribution < -0.4 is 5.32 Å². The van der Waals surface area contributed by atoms with Gasteiger partial charge in [0.15, 0.2) is 0 Å². The van der Waals surface area contributed by atoms with E-state index in [1.54, 1.807) is 0 Å². The fourth-order valence-electron chi connectivity index (χ4n) is 4.41. The highest BCUT2D eigenvalue weighted by Crippen LogP contribution is 2.41. The van der Waals surface area contributed by atoms with Gasteiger partial charge in [-0.1, -0.05) is 33.6 Å². The number of hydrogen-bond acceptors (Lipinski definition) is 2. The van der Waals surface area contributed by atoms with Gasteiger partial charge in [0.05, 0.1) is 0 Å². The number of hydrogen-bond donors (Lipinski definition) is 1. The van der Waals surface area contributed by atoms with E-state index < -0.39 is 0 Å². The zero-order valence-electron chi connectivity index (χ0n) is 12.8. The molecule has 0 aromatic rings. The maximum Gasteiger partial charge on any atom is 0.0271 e. The quantitative estimate of drug-likeness (QED) is 0.825. The maximum absolute atomic E-state index is 3.62. The van der Waals surface area contributed by atoms with E-state index in [4.69, 9.17) is 0 Å². The molecule has 1 saturated carbocycles. The molecule has 18 heavy (non-hydrogen) atoms. The van der Waals surface area contributed by atoms with Gasteiger partial charge in [0, 0.05) is 18.1 Å². The minimum atomic E-state index is 0.466. The second-order valence-corrected chi connectivity index (χ2v) is 7.04. The fourth-order valence-corrected chi connectivity index (χ4v) is 4.41. The van der Waals surface area contributed by atoms with Gasteiger partial charge < -0.3 is 5.32 Å². The summed E-state index contributed by atoms with van der Waals surface area (Å²) in [5.74, 6) is 0. The Morgan fingerprint density at radius 2 is 2.00 bits per heavy atom. The van der Waals surface area contributed by atoms with E-state index in [0.717, 1.165) is 12.1 Å². The van der Waals surface area contributed by atoms with Crippen molar-refractivity contribution in [2.75, 3.05) is 13.6 Å². The molecule has 1 heterocycles. The third-order valence-electron chi connectivity index (χ3n) is 5.34. The first-order valence-corrected chi connectivity index (χ1v) is 8.03. The smallest absolute Gasteiger partial charge is 0.0271 e. The lowest BCUT2D eigenvalue weighted by molar-refractivity contribution is 0.0668. The van der Waals surface area contributed by atoms with Crippen molar-refractivity contribution in [3.05, 3.63) is 0 Å². The van der Waals surface area contributed by atoms with Gasteiger partial charge in [-0.25, -0.2) is 0 Å². The molecule has 0 radical (unpaired) electrons. The molecule has 3 unspecified atom stereocenters. The summed E-state index contributed by atoms with van der Waals surface area (Å²) < 4.78 is 0. The van der Waals surface area contributed by atoms with Crippen molar-refractivity contribution < 1.29 is 0 Å². The molecule has 0 bridgehead atoms. The number of nitrogens with zero attached hydrogens (tertiary/aromatic N) is 1. The number of rotatable bonds is 4. The molecule has 2 nitrogen and oxygen atoms in total. The van der Waals surface area contributed by atoms with E-state index in [-0.39, 0.29) is 0 Å². The normalized spacial score (nSPS) is 37.0. The van der Waals surface area contributed by atoms with Crippen LogP contribution in [0.5, 0.6) is 0 Å². The van der Waals surface area contributed by atoms with Crippen LogP contribution in [0.1, 0.15) is 65.7 Å². The zero-order valence-corrected chi connectivity index (χ0v) is 12.8. The van der Waals surface area contributed by atoms with E-state index in [1.165, 1.54) is 51.5 Å². The van der Waals surface area contributed by atoms with E-state index >= 15 is 0 Å². The van der Waals surface area contributed by atoms with Crippen molar-refractivity contribution >= 4 is 0 Å². The van der Waals surface area contributed by atoms with Crippen LogP contribution in [0.15, 0.2) is 0 Å². The van der Waals surface area contributed by atoms with Gasteiger partial charge >= 0.3 is 0 Å². The summed E-state index contributed by atoms with van der Waals surface area (Å²) in [6.45, 7) is 8.55. The van der Waals surface area contributed by atoms with Crippen LogP contribution >= 0.6 is 0 Å². The van der Waals surface area contributed by atoms with Crippen molar-refractivity contribution in [3.63, 3.8) is 0 Å². The molecule has 2 rings (SSSR count). The van der Waals surface area contributed by atoms with Crippen LogP contribution in [0.2, 0.25) is 0 Å². The largest absolute Gasteiger partial charge is 0.315 e. The number of nitrogens with one attached hydrogen (secondary N) is 1. The third-order valence-corrected chi connectivity index (χ3v) is 5.34. The predicted octanol–water partition coefficient (Wildman–Crippen LogP) is 3.42. The summed E-state index contributed by atoms with van der Waals surface area (Å²) >= 11 is 0. The highest BCUT2D eigenvalue weighted by molar-refractivity contribution is 5.02. The van der Waals surface area contributed by atoms with Crippen molar-refractivity contribution in [1.29, 1.82) is 0 Å². The van der Waals surface area contributed by atoms with E-state index in [1.807, 2.05) is 0 Å². The van der Waals surface area contributed by atoms with E-state index in [9.17, 15) is 0 Å². The first kappa shape index (κ1) is 14.3. The Hall–Kier alpha value is -0.0800. The second kappa shape index (κ2) is 5.92. The van der Waals surface area contributed by atoms with Gasteiger partial charge in [0.2, 0.25) is 0 Å². The molecule has 1 aliphatic heterocycles. The molecular weight excluding hydrogens is 220 g/mol. The Bertz CT molecular complexity index is 260. The van der Waals surface area contributed by atoms with Gasteiger partial charge in [-0.15, -0.1) is 0 Å². The molecule has 1 aliphatic carbocycles. The minimum Gasteiger partial charge on any atom is -0.315 e. The Morgan fingerprint density at radius 1 is 1.22 bits per heavy atom. The monoisotopic (exact) mass is 252 g/mol. The van der Waals surface area contributed by atoms with Crippen LogP contribution in [0, 0.1) is 5.41 Å². The predicted molar refractivity (Wildman–Crippen MR) is 78.9 cm³/mol. The van der Waals surface area contributed by atoms with Gasteiger partial charge in [-0.2, -0.15) is 0 Å². The van der Waals surface area contributed by atoms with Crippen LogP contribution in [0.4, 0.5) is 0 Å². The number of likely N-dealkylation sites (tertiary alicyclic amines) is 1. The molecule has 1 N–H and O–H groups in total. The molecule has 0 aromatic heterocycles. The Labute approximate surface area is 114 Å². The second-order valence-electron chi connectivity index (χ2n) is 7.04. The number of piperidine rings is 1. The summed E-state index contributed by atoms with van der Waals surface area (Å²) in [6.07, 6.45) is 9.78. The summed E-state index contributed by atoms with van der Waals surface area (Å²) in [5.41, 5.74) is 0.466. The fraction of sp³-hybridized carbons (Fsp3) is 1.00. The van der Waals surface area contributed by atoms with Crippen molar-refractivity contribution in [2.24, 2.45) is 5.41 Å². The van der Waals surface area contributed by atoms with E-state index in [2.05, 4.69) is 38.0 Å². The maximum atomic E-state index is 3.62. The zero-order chi connectivity index (χ0) is 13.2. The van der Waals surface area contributed by atoms with E-state index in [0.29, 0.717) is 11.5 Å². The molecule has 0 amide bonds. The molecule has 2 fully saturated rings. The molecule has 0 aromatic carbocycles. The lowest BCUT2D eigenvalue weighted by Crippen LogP contribution is -2.55. The van der Waals surface area contributed by atoms with Crippen LogP contribution in [-0.4, -0.2) is 36.6 Å².